The van der Waals surface area contributed by atoms with Crippen molar-refractivity contribution >= 4 is 28.0 Å². The van der Waals surface area contributed by atoms with Crippen LogP contribution in [-0.2, 0) is 11.3 Å². The fourth-order valence-electron chi connectivity index (χ4n) is 5.62. The second-order valence-electron chi connectivity index (χ2n) is 9.65. The molecule has 1 aliphatic heterocycles. The van der Waals surface area contributed by atoms with Crippen LogP contribution in [-0.4, -0.2) is 79.2 Å². The Kier molecular flexibility index (Phi) is 6.26. The van der Waals surface area contributed by atoms with Crippen LogP contribution in [0.25, 0.3) is 33.5 Å². The van der Waals surface area contributed by atoms with Gasteiger partial charge >= 0.3 is 0 Å². The monoisotopic (exact) mass is 496 g/mol. The highest BCUT2D eigenvalue weighted by Crippen LogP contribution is 2.34. The van der Waals surface area contributed by atoms with Crippen molar-refractivity contribution in [2.24, 2.45) is 0 Å². The number of morpholine rings is 1. The Bertz CT molecular complexity index is 1360. The highest BCUT2D eigenvalue weighted by molar-refractivity contribution is 6.00. The molecule has 0 aromatic carbocycles. The Morgan fingerprint density at radius 1 is 1.11 bits per heavy atom. The van der Waals surface area contributed by atoms with Gasteiger partial charge in [-0.1, -0.05) is 0 Å². The molecule has 0 radical (unpaired) electrons. The van der Waals surface area contributed by atoms with Gasteiger partial charge in [0.15, 0.2) is 5.65 Å². The van der Waals surface area contributed by atoms with Crippen LogP contribution in [0.1, 0.15) is 31.5 Å². The van der Waals surface area contributed by atoms with Gasteiger partial charge in [-0.15, -0.1) is 0 Å². The fourth-order valence-corrected chi connectivity index (χ4v) is 5.62. The summed E-state index contributed by atoms with van der Waals surface area (Å²) in [6, 6.07) is 4.65. The summed E-state index contributed by atoms with van der Waals surface area (Å²) in [6.07, 6.45) is 5.38. The Labute approximate surface area is 207 Å². The lowest BCUT2D eigenvalue weighted by Crippen LogP contribution is -2.46. The molecule has 1 aliphatic carbocycles. The van der Waals surface area contributed by atoms with Gasteiger partial charge in [0.05, 0.1) is 30.8 Å². The van der Waals surface area contributed by atoms with E-state index in [1.165, 1.54) is 4.57 Å². The van der Waals surface area contributed by atoms with Crippen LogP contribution in [0, 0.1) is 6.92 Å². The second kappa shape index (κ2) is 9.70. The highest BCUT2D eigenvalue weighted by atomic mass is 19.3. The number of hydrogen-bond acceptors (Lipinski definition) is 7. The molecule has 0 amide bonds. The molecule has 1 saturated heterocycles. The first-order valence-electron chi connectivity index (χ1n) is 12.6. The molecule has 1 saturated carbocycles. The molecule has 0 bridgehead atoms. The Morgan fingerprint density at radius 3 is 2.69 bits per heavy atom. The van der Waals surface area contributed by atoms with Gasteiger partial charge in [-0.3, -0.25) is 4.90 Å². The molecule has 190 valence electrons. The molecule has 0 spiro atoms. The molecule has 6 rings (SSSR count). The van der Waals surface area contributed by atoms with Crippen molar-refractivity contribution in [2.45, 2.75) is 57.7 Å². The number of nitrogens with zero attached hydrogens (tertiary/aromatic N) is 6. The van der Waals surface area contributed by atoms with Gasteiger partial charge in [0.1, 0.15) is 29.1 Å². The average molecular weight is 497 g/mol. The molecule has 4 aromatic heterocycles. The van der Waals surface area contributed by atoms with E-state index in [0.29, 0.717) is 40.4 Å². The maximum atomic E-state index is 13.2. The van der Waals surface area contributed by atoms with Crippen LogP contribution in [0.5, 0.6) is 0 Å². The zero-order chi connectivity index (χ0) is 24.6. The number of H-pyrrole nitrogens is 1. The minimum atomic E-state index is -2.48. The van der Waals surface area contributed by atoms with Crippen LogP contribution in [0.3, 0.4) is 0 Å². The normalized spacial score (nSPS) is 21.6. The number of nitrogens with one attached hydrogen (secondary N) is 2. The lowest BCUT2D eigenvalue weighted by molar-refractivity contribution is 0.00791. The third-order valence-corrected chi connectivity index (χ3v) is 7.45. The van der Waals surface area contributed by atoms with E-state index in [1.54, 1.807) is 13.3 Å². The van der Waals surface area contributed by atoms with Gasteiger partial charge in [-0.25, -0.2) is 28.7 Å². The summed E-state index contributed by atoms with van der Waals surface area (Å²) >= 11 is 0. The predicted octanol–water partition coefficient (Wildman–Crippen LogP) is 4.00. The van der Waals surface area contributed by atoms with E-state index >= 15 is 0 Å². The standard InChI is InChI=1S/C25H30F2N8O/c1-15-31-20-7-6-19(33-25(20)35(15)13-21(26)27)18-12-28-23-22(18)24(30-14-29-23)32-16-2-4-17(5-3-16)34-8-10-36-11-9-34/h6-7,12,14,16-17,21H,2-5,8-11,13H2,1H3,(H2,28,29,30,32)/t16-,17-. The number of fused-ring (bicyclic) bond motifs is 2. The van der Waals surface area contributed by atoms with Crippen LogP contribution < -0.4 is 5.32 Å². The van der Waals surface area contributed by atoms with Crippen LogP contribution in [0.4, 0.5) is 14.6 Å². The number of pyridine rings is 1. The Balaban J connectivity index is 1.27. The first-order chi connectivity index (χ1) is 17.6. The maximum Gasteiger partial charge on any atom is 0.256 e. The number of anilines is 1. The molecule has 11 heteroatoms. The number of aryl methyl sites for hydroxylation is 1. The predicted molar refractivity (Wildman–Crippen MR) is 133 cm³/mol. The third kappa shape index (κ3) is 4.41. The zero-order valence-corrected chi connectivity index (χ0v) is 20.3. The highest BCUT2D eigenvalue weighted by Gasteiger charge is 2.28. The zero-order valence-electron chi connectivity index (χ0n) is 20.3. The van der Waals surface area contributed by atoms with Crippen molar-refractivity contribution < 1.29 is 13.5 Å². The number of rotatable bonds is 6. The molecule has 36 heavy (non-hydrogen) atoms. The molecule has 2 aliphatic rings. The number of ether oxygens (including phenoxy) is 1. The summed E-state index contributed by atoms with van der Waals surface area (Å²) in [5.74, 6) is 1.29. The van der Waals surface area contributed by atoms with Gasteiger partial charge in [-0.2, -0.15) is 0 Å². The van der Waals surface area contributed by atoms with Gasteiger partial charge in [0.2, 0.25) is 0 Å². The van der Waals surface area contributed by atoms with E-state index in [-0.39, 0.29) is 0 Å². The number of aromatic nitrogens is 6. The van der Waals surface area contributed by atoms with E-state index < -0.39 is 13.0 Å². The van der Waals surface area contributed by atoms with Crippen LogP contribution in [0.2, 0.25) is 0 Å². The summed E-state index contributed by atoms with van der Waals surface area (Å²) in [5.41, 5.74) is 3.26. The lowest BCUT2D eigenvalue weighted by Gasteiger charge is -2.39. The minimum Gasteiger partial charge on any atom is -0.379 e. The smallest absolute Gasteiger partial charge is 0.256 e. The van der Waals surface area contributed by atoms with Gasteiger partial charge < -0.3 is 19.6 Å². The molecule has 2 fully saturated rings. The molecule has 2 N–H and O–H groups in total. The Hall–Kier alpha value is -3.18. The number of imidazole rings is 1. The second-order valence-corrected chi connectivity index (χ2v) is 9.65. The van der Waals surface area contributed by atoms with Crippen LogP contribution in [0.15, 0.2) is 24.7 Å². The molecule has 4 aromatic rings. The lowest BCUT2D eigenvalue weighted by atomic mass is 9.90. The van der Waals surface area contributed by atoms with Crippen molar-refractivity contribution in [1.29, 1.82) is 0 Å². The number of alkyl halides is 2. The van der Waals surface area contributed by atoms with E-state index in [2.05, 4.69) is 30.2 Å². The first-order valence-corrected chi connectivity index (χ1v) is 12.6. The average Bonchev–Trinajstić information content (AvgIpc) is 3.46. The fraction of sp³-hybridized carbons (Fsp3) is 0.520. The molecular formula is C25H30F2N8O. The van der Waals surface area contributed by atoms with Crippen molar-refractivity contribution in [3.05, 3.63) is 30.5 Å². The summed E-state index contributed by atoms with van der Waals surface area (Å²) in [7, 11) is 0. The minimum absolute atomic E-state index is 0.328. The number of aromatic amines is 1. The van der Waals surface area contributed by atoms with E-state index in [4.69, 9.17) is 9.72 Å². The SMILES string of the molecule is Cc1nc2ccc(-c3c[nH]c4ncnc(N[C@H]5CC[C@H](N6CCOCC6)CC5)c34)nc2n1CC(F)F. The quantitative estimate of drug-likeness (QED) is 0.417. The van der Waals surface area contributed by atoms with Crippen molar-refractivity contribution in [1.82, 2.24) is 34.4 Å². The number of halogens is 2. The van der Waals surface area contributed by atoms with Crippen molar-refractivity contribution in [3.63, 3.8) is 0 Å². The summed E-state index contributed by atoms with van der Waals surface area (Å²) < 4.78 is 33.3. The first kappa shape index (κ1) is 23.2. The molecule has 5 heterocycles. The summed E-state index contributed by atoms with van der Waals surface area (Å²) in [6.45, 7) is 4.99. The number of hydrogen-bond donors (Lipinski definition) is 2. The summed E-state index contributed by atoms with van der Waals surface area (Å²) in [4.78, 5) is 23.9. The summed E-state index contributed by atoms with van der Waals surface area (Å²) in [5, 5.41) is 4.52. The molecule has 0 atom stereocenters. The van der Waals surface area contributed by atoms with Gasteiger partial charge in [0.25, 0.3) is 6.43 Å². The topological polar surface area (TPSA) is 96.8 Å². The van der Waals surface area contributed by atoms with Crippen LogP contribution >= 0.6 is 0 Å². The van der Waals surface area contributed by atoms with Crippen molar-refractivity contribution in [2.75, 3.05) is 31.6 Å². The largest absolute Gasteiger partial charge is 0.379 e. The van der Waals surface area contributed by atoms with Crippen molar-refractivity contribution in [3.8, 4) is 11.3 Å². The molecular weight excluding hydrogens is 466 g/mol. The maximum absolute atomic E-state index is 13.2. The van der Waals surface area contributed by atoms with E-state index in [9.17, 15) is 8.78 Å². The van der Waals surface area contributed by atoms with Gasteiger partial charge in [0, 0.05) is 36.9 Å². The molecule has 0 unspecified atom stereocenters. The third-order valence-electron chi connectivity index (χ3n) is 7.45. The van der Waals surface area contributed by atoms with E-state index in [0.717, 1.165) is 68.8 Å². The Morgan fingerprint density at radius 2 is 1.92 bits per heavy atom. The van der Waals surface area contributed by atoms with E-state index in [1.807, 2.05) is 18.3 Å². The molecule has 9 nitrogen and oxygen atoms in total. The van der Waals surface area contributed by atoms with Gasteiger partial charge in [-0.05, 0) is 44.7 Å².